The summed E-state index contributed by atoms with van der Waals surface area (Å²) < 4.78 is 12.4. The average molecular weight is 275 g/mol. The summed E-state index contributed by atoms with van der Waals surface area (Å²) in [5.74, 6) is 1.05. The van der Waals surface area contributed by atoms with Crippen molar-refractivity contribution in [2.45, 2.75) is 56.8 Å². The second kappa shape index (κ2) is 5.74. The van der Waals surface area contributed by atoms with Gasteiger partial charge in [0.25, 0.3) is 0 Å². The Kier molecular flexibility index (Phi) is 3.99. The summed E-state index contributed by atoms with van der Waals surface area (Å²) in [7, 11) is 2.04. The maximum atomic E-state index is 6.45. The number of ether oxygens (including phenoxy) is 2. The Morgan fingerprint density at radius 3 is 2.95 bits per heavy atom. The van der Waals surface area contributed by atoms with Crippen LogP contribution in [0, 0.1) is 0 Å². The van der Waals surface area contributed by atoms with Crippen molar-refractivity contribution >= 4 is 0 Å². The van der Waals surface area contributed by atoms with Gasteiger partial charge in [-0.3, -0.25) is 0 Å². The number of benzene rings is 1. The Morgan fingerprint density at radius 1 is 1.30 bits per heavy atom. The molecule has 3 heteroatoms. The van der Waals surface area contributed by atoms with Crippen LogP contribution in [-0.4, -0.2) is 25.4 Å². The predicted molar refractivity (Wildman–Crippen MR) is 80.1 cm³/mol. The molecule has 1 N–H and O–H groups in total. The lowest BCUT2D eigenvalue weighted by Crippen LogP contribution is -2.50. The third kappa shape index (κ3) is 2.57. The zero-order valence-electron chi connectivity index (χ0n) is 12.5. The van der Waals surface area contributed by atoms with Crippen molar-refractivity contribution in [1.82, 2.24) is 5.32 Å². The van der Waals surface area contributed by atoms with Crippen molar-refractivity contribution in [3.8, 4) is 5.75 Å². The second-order valence-corrected chi connectivity index (χ2v) is 6.10. The topological polar surface area (TPSA) is 30.5 Å². The molecule has 2 aliphatic heterocycles. The van der Waals surface area contributed by atoms with Crippen molar-refractivity contribution in [3.63, 3.8) is 0 Å². The zero-order valence-corrected chi connectivity index (χ0v) is 12.5. The van der Waals surface area contributed by atoms with Gasteiger partial charge in [-0.25, -0.2) is 0 Å². The highest BCUT2D eigenvalue weighted by Gasteiger charge is 2.44. The van der Waals surface area contributed by atoms with Crippen LogP contribution in [0.3, 0.4) is 0 Å². The molecular formula is C17H25NO2. The van der Waals surface area contributed by atoms with E-state index in [1.807, 2.05) is 7.05 Å². The van der Waals surface area contributed by atoms with E-state index in [-0.39, 0.29) is 5.60 Å². The standard InChI is InChI=1S/C17H25NO2/c1-3-6-13-11-17(9-10-19-13)12-15(18-2)14-7-4-5-8-16(14)20-17/h4-5,7-8,13,15,18H,3,6,9-12H2,1-2H3. The summed E-state index contributed by atoms with van der Waals surface area (Å²) in [6.45, 7) is 3.04. The van der Waals surface area contributed by atoms with Gasteiger partial charge in [0.05, 0.1) is 12.7 Å². The highest BCUT2D eigenvalue weighted by Crippen LogP contribution is 2.45. The van der Waals surface area contributed by atoms with Gasteiger partial charge in [-0.05, 0) is 19.5 Å². The van der Waals surface area contributed by atoms with E-state index in [1.165, 1.54) is 12.0 Å². The fourth-order valence-electron chi connectivity index (χ4n) is 3.65. The number of nitrogens with one attached hydrogen (secondary N) is 1. The van der Waals surface area contributed by atoms with Crippen LogP contribution < -0.4 is 10.1 Å². The number of para-hydroxylation sites is 1. The quantitative estimate of drug-likeness (QED) is 0.916. The fraction of sp³-hybridized carbons (Fsp3) is 0.647. The molecule has 0 aliphatic carbocycles. The van der Waals surface area contributed by atoms with E-state index in [9.17, 15) is 0 Å². The van der Waals surface area contributed by atoms with E-state index in [0.717, 1.165) is 38.0 Å². The fourth-order valence-corrected chi connectivity index (χ4v) is 3.65. The van der Waals surface area contributed by atoms with Crippen LogP contribution >= 0.6 is 0 Å². The van der Waals surface area contributed by atoms with Crippen molar-refractivity contribution < 1.29 is 9.47 Å². The average Bonchev–Trinajstić information content (AvgIpc) is 2.47. The molecule has 110 valence electrons. The normalized spacial score (nSPS) is 32.7. The molecule has 1 aromatic rings. The first-order valence-corrected chi connectivity index (χ1v) is 7.83. The monoisotopic (exact) mass is 275 g/mol. The molecule has 1 spiro atoms. The van der Waals surface area contributed by atoms with Gasteiger partial charge in [0, 0.05) is 30.9 Å². The van der Waals surface area contributed by atoms with Crippen LogP contribution in [0.25, 0.3) is 0 Å². The van der Waals surface area contributed by atoms with Gasteiger partial charge in [0.2, 0.25) is 0 Å². The number of hydrogen-bond acceptors (Lipinski definition) is 3. The molecule has 3 unspecified atom stereocenters. The van der Waals surface area contributed by atoms with Gasteiger partial charge in [-0.2, -0.15) is 0 Å². The number of rotatable bonds is 3. The van der Waals surface area contributed by atoms with E-state index >= 15 is 0 Å². The number of hydrogen-bond donors (Lipinski definition) is 1. The molecule has 20 heavy (non-hydrogen) atoms. The van der Waals surface area contributed by atoms with E-state index in [4.69, 9.17) is 9.47 Å². The molecule has 1 aromatic carbocycles. The minimum atomic E-state index is -0.0416. The maximum Gasteiger partial charge on any atom is 0.124 e. The van der Waals surface area contributed by atoms with Crippen molar-refractivity contribution in [2.24, 2.45) is 0 Å². The van der Waals surface area contributed by atoms with E-state index in [1.54, 1.807) is 0 Å². The first kappa shape index (κ1) is 13.9. The van der Waals surface area contributed by atoms with E-state index in [0.29, 0.717) is 12.1 Å². The molecule has 1 saturated heterocycles. The smallest absolute Gasteiger partial charge is 0.124 e. The molecule has 3 nitrogen and oxygen atoms in total. The van der Waals surface area contributed by atoms with Gasteiger partial charge < -0.3 is 14.8 Å². The lowest BCUT2D eigenvalue weighted by molar-refractivity contribution is -0.105. The first-order valence-electron chi connectivity index (χ1n) is 7.83. The van der Waals surface area contributed by atoms with Crippen LogP contribution in [0.1, 0.15) is 50.6 Å². The third-order valence-corrected chi connectivity index (χ3v) is 4.67. The van der Waals surface area contributed by atoms with Gasteiger partial charge in [0.1, 0.15) is 11.4 Å². The Hall–Kier alpha value is -1.06. The predicted octanol–water partition coefficient (Wildman–Crippen LogP) is 3.45. The van der Waals surface area contributed by atoms with Crippen LogP contribution in [0.5, 0.6) is 5.75 Å². The molecule has 0 bridgehead atoms. The summed E-state index contributed by atoms with van der Waals surface area (Å²) >= 11 is 0. The Labute approximate surface area is 121 Å². The molecule has 2 aliphatic rings. The molecule has 1 fully saturated rings. The Balaban J connectivity index is 1.85. The summed E-state index contributed by atoms with van der Waals surface area (Å²) in [5.41, 5.74) is 1.25. The van der Waals surface area contributed by atoms with Gasteiger partial charge in [-0.15, -0.1) is 0 Å². The van der Waals surface area contributed by atoms with Crippen molar-refractivity contribution in [1.29, 1.82) is 0 Å². The van der Waals surface area contributed by atoms with Crippen LogP contribution in [0.15, 0.2) is 24.3 Å². The molecule has 3 atom stereocenters. The first-order chi connectivity index (χ1) is 9.76. The highest BCUT2D eigenvalue weighted by atomic mass is 16.5. The van der Waals surface area contributed by atoms with Gasteiger partial charge in [0.15, 0.2) is 0 Å². The van der Waals surface area contributed by atoms with E-state index < -0.39 is 0 Å². The third-order valence-electron chi connectivity index (χ3n) is 4.67. The van der Waals surface area contributed by atoms with Gasteiger partial charge >= 0.3 is 0 Å². The van der Waals surface area contributed by atoms with E-state index in [2.05, 4.69) is 36.5 Å². The maximum absolute atomic E-state index is 6.45. The Bertz CT molecular complexity index is 460. The highest BCUT2D eigenvalue weighted by molar-refractivity contribution is 5.39. The lowest BCUT2D eigenvalue weighted by atomic mass is 9.79. The molecule has 0 amide bonds. The second-order valence-electron chi connectivity index (χ2n) is 6.10. The molecule has 2 heterocycles. The zero-order chi connectivity index (χ0) is 14.0. The van der Waals surface area contributed by atoms with Crippen LogP contribution in [-0.2, 0) is 4.74 Å². The summed E-state index contributed by atoms with van der Waals surface area (Å²) in [6.07, 6.45) is 5.73. The lowest BCUT2D eigenvalue weighted by Gasteiger charge is -2.46. The molecule has 0 aromatic heterocycles. The minimum absolute atomic E-state index is 0.0416. The largest absolute Gasteiger partial charge is 0.487 e. The summed E-state index contributed by atoms with van der Waals surface area (Å²) in [5, 5.41) is 3.46. The molecule has 3 rings (SSSR count). The molecule has 0 radical (unpaired) electrons. The summed E-state index contributed by atoms with van der Waals surface area (Å²) in [4.78, 5) is 0. The molecular weight excluding hydrogens is 250 g/mol. The van der Waals surface area contributed by atoms with Crippen LogP contribution in [0.4, 0.5) is 0 Å². The van der Waals surface area contributed by atoms with Gasteiger partial charge in [-0.1, -0.05) is 31.5 Å². The SMILES string of the molecule is CCCC1CC2(CCO1)CC(NC)c1ccccc1O2. The van der Waals surface area contributed by atoms with Crippen molar-refractivity contribution in [3.05, 3.63) is 29.8 Å². The van der Waals surface area contributed by atoms with Crippen LogP contribution in [0.2, 0.25) is 0 Å². The number of fused-ring (bicyclic) bond motifs is 1. The summed E-state index contributed by atoms with van der Waals surface area (Å²) in [6, 6.07) is 8.82. The Morgan fingerprint density at radius 2 is 2.15 bits per heavy atom. The molecule has 0 saturated carbocycles. The van der Waals surface area contributed by atoms with Crippen molar-refractivity contribution in [2.75, 3.05) is 13.7 Å². The minimum Gasteiger partial charge on any atom is -0.487 e.